The fraction of sp³-hybridized carbons (Fsp3) is 0.471. The molecule has 2 aromatic rings. The van der Waals surface area contributed by atoms with Crippen molar-refractivity contribution in [2.75, 3.05) is 31.9 Å². The maximum Gasteiger partial charge on any atom is 0.314 e. The molecule has 2 heterocycles. The molecule has 0 bridgehead atoms. The Morgan fingerprint density at radius 2 is 1.88 bits per heavy atom. The van der Waals surface area contributed by atoms with E-state index in [9.17, 15) is 9.59 Å². The van der Waals surface area contributed by atoms with Gasteiger partial charge in [0.15, 0.2) is 5.16 Å². The number of aromatic nitrogens is 2. The molecule has 134 valence electrons. The van der Waals surface area contributed by atoms with E-state index >= 15 is 0 Å². The zero-order valence-electron chi connectivity index (χ0n) is 14.4. The molecule has 0 radical (unpaired) electrons. The van der Waals surface area contributed by atoms with Crippen LogP contribution in [0, 0.1) is 0 Å². The molecule has 3 amide bonds. The normalized spacial score (nSPS) is 15.4. The summed E-state index contributed by atoms with van der Waals surface area (Å²) in [5.74, 6) is 0.422. The Kier molecular flexibility index (Phi) is 5.47. The number of nitrogens with two attached hydrogens (primary N) is 1. The zero-order chi connectivity index (χ0) is 17.8. The van der Waals surface area contributed by atoms with Crippen molar-refractivity contribution in [2.24, 2.45) is 5.73 Å². The van der Waals surface area contributed by atoms with Crippen molar-refractivity contribution in [1.29, 1.82) is 0 Å². The molecule has 2 N–H and O–H groups in total. The predicted molar refractivity (Wildman–Crippen MR) is 98.5 cm³/mol. The number of amides is 3. The number of fused-ring (bicyclic) bond motifs is 1. The second-order valence-corrected chi connectivity index (χ2v) is 6.92. The van der Waals surface area contributed by atoms with Crippen molar-refractivity contribution in [3.05, 3.63) is 24.3 Å². The van der Waals surface area contributed by atoms with Gasteiger partial charge in [-0.25, -0.2) is 9.78 Å². The first-order chi connectivity index (χ1) is 12.1. The summed E-state index contributed by atoms with van der Waals surface area (Å²) in [6, 6.07) is 7.58. The first-order valence-electron chi connectivity index (χ1n) is 8.50. The van der Waals surface area contributed by atoms with Crippen molar-refractivity contribution < 1.29 is 9.59 Å². The fourth-order valence-corrected chi connectivity index (χ4v) is 4.06. The van der Waals surface area contributed by atoms with Gasteiger partial charge in [0.1, 0.15) is 0 Å². The van der Waals surface area contributed by atoms with E-state index in [-0.39, 0.29) is 5.91 Å². The van der Waals surface area contributed by atoms with Gasteiger partial charge in [-0.05, 0) is 25.5 Å². The van der Waals surface area contributed by atoms with Gasteiger partial charge in [0, 0.05) is 32.7 Å². The molecular formula is C17H23N5O2S. The first kappa shape index (κ1) is 17.6. The molecule has 1 aromatic heterocycles. The third-order valence-electron chi connectivity index (χ3n) is 4.42. The van der Waals surface area contributed by atoms with E-state index in [1.807, 2.05) is 29.2 Å². The summed E-state index contributed by atoms with van der Waals surface area (Å²) < 4.78 is 2.13. The third-order valence-corrected chi connectivity index (χ3v) is 5.38. The highest BCUT2D eigenvalue weighted by Gasteiger charge is 2.21. The number of urea groups is 1. The van der Waals surface area contributed by atoms with Crippen molar-refractivity contribution in [3.63, 3.8) is 0 Å². The minimum Gasteiger partial charge on any atom is -0.351 e. The molecule has 8 heteroatoms. The van der Waals surface area contributed by atoms with Crippen molar-refractivity contribution in [3.8, 4) is 0 Å². The molecule has 25 heavy (non-hydrogen) atoms. The van der Waals surface area contributed by atoms with Crippen LogP contribution in [-0.4, -0.2) is 63.2 Å². The van der Waals surface area contributed by atoms with Gasteiger partial charge in [-0.3, -0.25) is 4.79 Å². The second kappa shape index (κ2) is 7.77. The smallest absolute Gasteiger partial charge is 0.314 e. The molecular weight excluding hydrogens is 338 g/mol. The summed E-state index contributed by atoms with van der Waals surface area (Å²) in [7, 11) is 0. The number of carbonyl (C=O) groups is 2. The number of carbonyl (C=O) groups excluding carboxylic acids is 2. The predicted octanol–water partition coefficient (Wildman–Crippen LogP) is 1.76. The first-order valence-corrected chi connectivity index (χ1v) is 9.49. The zero-order valence-corrected chi connectivity index (χ0v) is 15.2. The van der Waals surface area contributed by atoms with Crippen molar-refractivity contribution in [1.82, 2.24) is 19.4 Å². The standard InChI is InChI=1S/C17H23N5O2S/c1-2-22-14-7-4-3-6-13(14)19-17(22)25-12-15(23)20-8-5-9-21(11-10-20)16(18)24/h3-4,6-7H,2,5,8-12H2,1H3,(H2,18,24). The van der Waals surface area contributed by atoms with E-state index in [0.717, 1.165) is 29.2 Å². The van der Waals surface area contributed by atoms with Crippen LogP contribution in [0.4, 0.5) is 4.79 Å². The Morgan fingerprint density at radius 3 is 2.64 bits per heavy atom. The number of benzene rings is 1. The van der Waals surface area contributed by atoms with Gasteiger partial charge in [0.25, 0.3) is 0 Å². The molecule has 1 fully saturated rings. The Bertz CT molecular complexity index is 775. The fourth-order valence-electron chi connectivity index (χ4n) is 3.07. The van der Waals surface area contributed by atoms with Crippen LogP contribution in [0.5, 0.6) is 0 Å². The minimum atomic E-state index is -0.416. The maximum atomic E-state index is 12.5. The molecule has 1 aromatic carbocycles. The molecule has 1 aliphatic heterocycles. The van der Waals surface area contributed by atoms with E-state index in [2.05, 4.69) is 16.5 Å². The molecule has 1 aliphatic rings. The number of thioether (sulfide) groups is 1. The van der Waals surface area contributed by atoms with Crippen LogP contribution in [-0.2, 0) is 11.3 Å². The molecule has 7 nitrogen and oxygen atoms in total. The molecule has 0 spiro atoms. The van der Waals surface area contributed by atoms with Crippen LogP contribution >= 0.6 is 11.8 Å². The number of nitrogens with zero attached hydrogens (tertiary/aromatic N) is 4. The maximum absolute atomic E-state index is 12.5. The molecule has 0 aliphatic carbocycles. The number of rotatable bonds is 4. The Labute approximate surface area is 151 Å². The lowest BCUT2D eigenvalue weighted by Gasteiger charge is -2.21. The van der Waals surface area contributed by atoms with E-state index in [1.165, 1.54) is 11.8 Å². The Morgan fingerprint density at radius 1 is 1.16 bits per heavy atom. The Hall–Kier alpha value is -2.22. The number of aryl methyl sites for hydroxylation is 1. The summed E-state index contributed by atoms with van der Waals surface area (Å²) in [6.07, 6.45) is 0.757. The summed E-state index contributed by atoms with van der Waals surface area (Å²) in [5, 5.41) is 0.866. The van der Waals surface area contributed by atoms with Crippen LogP contribution in [0.15, 0.2) is 29.4 Å². The Balaban J connectivity index is 1.63. The van der Waals surface area contributed by atoms with E-state index in [4.69, 9.17) is 5.73 Å². The van der Waals surface area contributed by atoms with Crippen LogP contribution < -0.4 is 5.73 Å². The number of para-hydroxylation sites is 2. The van der Waals surface area contributed by atoms with E-state index in [0.29, 0.717) is 31.9 Å². The van der Waals surface area contributed by atoms with Gasteiger partial charge in [0.05, 0.1) is 16.8 Å². The topological polar surface area (TPSA) is 84.5 Å². The molecule has 0 unspecified atom stereocenters. The van der Waals surface area contributed by atoms with E-state index < -0.39 is 6.03 Å². The average Bonchev–Trinajstić information content (AvgIpc) is 2.78. The third kappa shape index (κ3) is 3.89. The highest BCUT2D eigenvalue weighted by Crippen LogP contribution is 2.24. The number of hydrogen-bond donors (Lipinski definition) is 1. The van der Waals surface area contributed by atoms with Crippen LogP contribution in [0.2, 0.25) is 0 Å². The van der Waals surface area contributed by atoms with Gasteiger partial charge in [-0.1, -0.05) is 23.9 Å². The van der Waals surface area contributed by atoms with Crippen molar-refractivity contribution in [2.45, 2.75) is 25.0 Å². The minimum absolute atomic E-state index is 0.0750. The number of imidazole rings is 1. The van der Waals surface area contributed by atoms with Gasteiger partial charge in [0.2, 0.25) is 5.91 Å². The summed E-state index contributed by atoms with van der Waals surface area (Å²) in [5.41, 5.74) is 7.37. The van der Waals surface area contributed by atoms with E-state index in [1.54, 1.807) is 4.90 Å². The van der Waals surface area contributed by atoms with Gasteiger partial charge < -0.3 is 20.1 Å². The van der Waals surface area contributed by atoms with Gasteiger partial charge in [-0.15, -0.1) is 0 Å². The van der Waals surface area contributed by atoms with Gasteiger partial charge in [-0.2, -0.15) is 0 Å². The van der Waals surface area contributed by atoms with Crippen LogP contribution in [0.1, 0.15) is 13.3 Å². The summed E-state index contributed by atoms with van der Waals surface area (Å²) in [6.45, 7) is 5.19. The van der Waals surface area contributed by atoms with Crippen LogP contribution in [0.3, 0.4) is 0 Å². The highest BCUT2D eigenvalue weighted by molar-refractivity contribution is 7.99. The molecule has 3 rings (SSSR count). The second-order valence-electron chi connectivity index (χ2n) is 5.98. The van der Waals surface area contributed by atoms with Gasteiger partial charge >= 0.3 is 6.03 Å². The number of primary amides is 1. The number of hydrogen-bond acceptors (Lipinski definition) is 4. The molecule has 0 atom stereocenters. The average molecular weight is 361 g/mol. The SMILES string of the molecule is CCn1c(SCC(=O)N2CCCN(C(N)=O)CC2)nc2ccccc21. The molecule has 1 saturated heterocycles. The molecule has 0 saturated carbocycles. The highest BCUT2D eigenvalue weighted by atomic mass is 32.2. The monoisotopic (exact) mass is 361 g/mol. The quantitative estimate of drug-likeness (QED) is 0.841. The lowest BCUT2D eigenvalue weighted by molar-refractivity contribution is -0.128. The van der Waals surface area contributed by atoms with Crippen LogP contribution in [0.25, 0.3) is 11.0 Å². The lowest BCUT2D eigenvalue weighted by Crippen LogP contribution is -2.40. The van der Waals surface area contributed by atoms with Crippen molar-refractivity contribution >= 4 is 34.7 Å². The largest absolute Gasteiger partial charge is 0.351 e. The lowest BCUT2D eigenvalue weighted by atomic mass is 10.3. The summed E-state index contributed by atoms with van der Waals surface area (Å²) in [4.78, 5) is 31.9. The summed E-state index contributed by atoms with van der Waals surface area (Å²) >= 11 is 1.47.